The maximum atomic E-state index is 11.6. The van der Waals surface area contributed by atoms with Gasteiger partial charge in [-0.05, 0) is 29.9 Å². The van der Waals surface area contributed by atoms with E-state index in [2.05, 4.69) is 31.4 Å². The van der Waals surface area contributed by atoms with E-state index in [1.54, 1.807) is 0 Å². The summed E-state index contributed by atoms with van der Waals surface area (Å²) in [5.74, 6) is -0.625. The Hall–Kier alpha value is -1.84. The molecular weight excluding hydrogens is 252 g/mol. The van der Waals surface area contributed by atoms with Crippen molar-refractivity contribution in [2.75, 3.05) is 6.54 Å². The largest absolute Gasteiger partial charge is 0.348 e. The first-order chi connectivity index (χ1) is 9.52. The maximum Gasteiger partial charge on any atom is 0.309 e. The fourth-order valence-electron chi connectivity index (χ4n) is 1.71. The molecular formula is C16H24N2O2. The number of nitrogens with one attached hydrogen (secondary N) is 2. The van der Waals surface area contributed by atoms with E-state index < -0.39 is 11.8 Å². The summed E-state index contributed by atoms with van der Waals surface area (Å²) in [4.78, 5) is 23.1. The van der Waals surface area contributed by atoms with Gasteiger partial charge in [0.25, 0.3) is 0 Å². The fraction of sp³-hybridized carbons (Fsp3) is 0.500. The van der Waals surface area contributed by atoms with Crippen LogP contribution in [0.2, 0.25) is 0 Å². The van der Waals surface area contributed by atoms with Crippen molar-refractivity contribution < 1.29 is 9.59 Å². The van der Waals surface area contributed by atoms with E-state index in [0.717, 1.165) is 18.4 Å². The molecule has 0 aliphatic heterocycles. The van der Waals surface area contributed by atoms with Crippen LogP contribution in [0.5, 0.6) is 0 Å². The number of carbonyl (C=O) groups excluding carboxylic acids is 2. The second kappa shape index (κ2) is 8.35. The van der Waals surface area contributed by atoms with Crippen molar-refractivity contribution in [1.82, 2.24) is 10.6 Å². The summed E-state index contributed by atoms with van der Waals surface area (Å²) in [6.45, 7) is 7.16. The third-order valence-electron chi connectivity index (χ3n) is 3.10. The Bertz CT molecular complexity index is 438. The molecule has 0 saturated carbocycles. The lowest BCUT2D eigenvalue weighted by Gasteiger charge is -2.08. The van der Waals surface area contributed by atoms with Gasteiger partial charge in [-0.2, -0.15) is 0 Å². The van der Waals surface area contributed by atoms with Crippen LogP contribution in [0, 0.1) is 5.92 Å². The van der Waals surface area contributed by atoms with Crippen molar-refractivity contribution in [3.63, 3.8) is 0 Å². The van der Waals surface area contributed by atoms with E-state index >= 15 is 0 Å². The van der Waals surface area contributed by atoms with Crippen LogP contribution in [0.4, 0.5) is 0 Å². The molecule has 0 heterocycles. The molecule has 0 fully saturated rings. The highest BCUT2D eigenvalue weighted by molar-refractivity contribution is 6.35. The van der Waals surface area contributed by atoms with Crippen LogP contribution in [0.1, 0.15) is 38.3 Å². The van der Waals surface area contributed by atoms with Gasteiger partial charge in [0.1, 0.15) is 0 Å². The summed E-state index contributed by atoms with van der Waals surface area (Å²) in [6.07, 6.45) is 1.86. The number of hydrogen-bond donors (Lipinski definition) is 2. The van der Waals surface area contributed by atoms with Gasteiger partial charge < -0.3 is 10.6 Å². The van der Waals surface area contributed by atoms with E-state index in [4.69, 9.17) is 0 Å². The number of aryl methyl sites for hydroxylation is 1. The van der Waals surface area contributed by atoms with Crippen LogP contribution in [0.25, 0.3) is 0 Å². The average Bonchev–Trinajstić information content (AvgIpc) is 2.44. The molecule has 1 rings (SSSR count). The van der Waals surface area contributed by atoms with Crippen LogP contribution in [0.3, 0.4) is 0 Å². The minimum Gasteiger partial charge on any atom is -0.348 e. The number of benzene rings is 1. The SMILES string of the molecule is CCc1ccc(CNC(=O)C(=O)NCCC(C)C)cc1. The molecule has 20 heavy (non-hydrogen) atoms. The Balaban J connectivity index is 2.32. The normalized spacial score (nSPS) is 10.4. The Labute approximate surface area is 121 Å². The number of rotatable bonds is 6. The summed E-state index contributed by atoms with van der Waals surface area (Å²) in [5.41, 5.74) is 2.25. The van der Waals surface area contributed by atoms with E-state index in [1.165, 1.54) is 5.56 Å². The smallest absolute Gasteiger partial charge is 0.309 e. The molecule has 0 spiro atoms. The molecule has 1 aromatic rings. The van der Waals surface area contributed by atoms with Crippen LogP contribution < -0.4 is 10.6 Å². The van der Waals surface area contributed by atoms with Crippen LogP contribution in [0.15, 0.2) is 24.3 Å². The van der Waals surface area contributed by atoms with Crippen LogP contribution in [-0.2, 0) is 22.6 Å². The molecule has 0 unspecified atom stereocenters. The second-order valence-electron chi connectivity index (χ2n) is 5.29. The number of amides is 2. The molecule has 0 aliphatic rings. The standard InChI is InChI=1S/C16H24N2O2/c1-4-13-5-7-14(8-6-13)11-18-16(20)15(19)17-10-9-12(2)3/h5-8,12H,4,9-11H2,1-3H3,(H,17,19)(H,18,20). The Morgan fingerprint density at radius 3 is 2.10 bits per heavy atom. The van der Waals surface area contributed by atoms with E-state index in [1.807, 2.05) is 24.3 Å². The van der Waals surface area contributed by atoms with Crippen LogP contribution >= 0.6 is 0 Å². The zero-order valence-electron chi connectivity index (χ0n) is 12.5. The fourth-order valence-corrected chi connectivity index (χ4v) is 1.71. The summed E-state index contributed by atoms with van der Waals surface area (Å²) in [6, 6.07) is 8.00. The molecule has 0 radical (unpaired) electrons. The molecule has 110 valence electrons. The Kier molecular flexibility index (Phi) is 6.77. The van der Waals surface area contributed by atoms with Gasteiger partial charge in [0, 0.05) is 13.1 Å². The van der Waals surface area contributed by atoms with Crippen molar-refractivity contribution in [3.8, 4) is 0 Å². The Morgan fingerprint density at radius 2 is 1.55 bits per heavy atom. The average molecular weight is 276 g/mol. The minimum atomic E-state index is -0.576. The molecule has 2 amide bonds. The lowest BCUT2D eigenvalue weighted by molar-refractivity contribution is -0.139. The molecule has 0 bridgehead atoms. The third kappa shape index (κ3) is 5.87. The Morgan fingerprint density at radius 1 is 1.00 bits per heavy atom. The molecule has 0 aromatic heterocycles. The molecule has 4 nitrogen and oxygen atoms in total. The van der Waals surface area contributed by atoms with Gasteiger partial charge in [0.05, 0.1) is 0 Å². The van der Waals surface area contributed by atoms with Gasteiger partial charge in [-0.25, -0.2) is 0 Å². The minimum absolute atomic E-state index is 0.375. The zero-order chi connectivity index (χ0) is 15.0. The molecule has 0 saturated heterocycles. The summed E-state index contributed by atoms with van der Waals surface area (Å²) >= 11 is 0. The summed E-state index contributed by atoms with van der Waals surface area (Å²) in [5, 5.41) is 5.24. The van der Waals surface area contributed by atoms with Gasteiger partial charge in [0.2, 0.25) is 0 Å². The van der Waals surface area contributed by atoms with Crippen molar-refractivity contribution in [2.24, 2.45) is 5.92 Å². The lowest BCUT2D eigenvalue weighted by atomic mass is 10.1. The number of hydrogen-bond acceptors (Lipinski definition) is 2. The van der Waals surface area contributed by atoms with Crippen molar-refractivity contribution >= 4 is 11.8 Å². The maximum absolute atomic E-state index is 11.6. The van der Waals surface area contributed by atoms with Gasteiger partial charge >= 0.3 is 11.8 Å². The van der Waals surface area contributed by atoms with Crippen molar-refractivity contribution in [3.05, 3.63) is 35.4 Å². The predicted octanol–water partition coefficient (Wildman–Crippen LogP) is 2.03. The first-order valence-electron chi connectivity index (χ1n) is 7.16. The number of carbonyl (C=O) groups is 2. The van der Waals surface area contributed by atoms with Crippen LogP contribution in [-0.4, -0.2) is 18.4 Å². The van der Waals surface area contributed by atoms with Crippen molar-refractivity contribution in [1.29, 1.82) is 0 Å². The lowest BCUT2D eigenvalue weighted by Crippen LogP contribution is -2.40. The first-order valence-corrected chi connectivity index (χ1v) is 7.16. The zero-order valence-corrected chi connectivity index (χ0v) is 12.5. The highest BCUT2D eigenvalue weighted by Gasteiger charge is 2.12. The summed E-state index contributed by atoms with van der Waals surface area (Å²) < 4.78 is 0. The quantitative estimate of drug-likeness (QED) is 0.781. The van der Waals surface area contributed by atoms with Crippen molar-refractivity contribution in [2.45, 2.75) is 40.2 Å². The van der Waals surface area contributed by atoms with Gasteiger partial charge in [-0.3, -0.25) is 9.59 Å². The molecule has 0 atom stereocenters. The monoisotopic (exact) mass is 276 g/mol. The second-order valence-corrected chi connectivity index (χ2v) is 5.29. The highest BCUT2D eigenvalue weighted by atomic mass is 16.2. The van der Waals surface area contributed by atoms with Gasteiger partial charge in [-0.1, -0.05) is 45.0 Å². The summed E-state index contributed by atoms with van der Waals surface area (Å²) in [7, 11) is 0. The van der Waals surface area contributed by atoms with Gasteiger partial charge in [-0.15, -0.1) is 0 Å². The highest BCUT2D eigenvalue weighted by Crippen LogP contribution is 2.04. The first kappa shape index (κ1) is 16.2. The molecule has 2 N–H and O–H groups in total. The topological polar surface area (TPSA) is 58.2 Å². The van der Waals surface area contributed by atoms with E-state index in [0.29, 0.717) is 19.0 Å². The van der Waals surface area contributed by atoms with Gasteiger partial charge in [0.15, 0.2) is 0 Å². The van der Waals surface area contributed by atoms with E-state index in [-0.39, 0.29) is 0 Å². The van der Waals surface area contributed by atoms with E-state index in [9.17, 15) is 9.59 Å². The third-order valence-corrected chi connectivity index (χ3v) is 3.10. The predicted molar refractivity (Wildman–Crippen MR) is 80.1 cm³/mol. The molecule has 1 aromatic carbocycles. The molecule has 4 heteroatoms. The molecule has 0 aliphatic carbocycles.